The first-order valence-corrected chi connectivity index (χ1v) is 8.72. The smallest absolute Gasteiger partial charge is 0.209 e. The molecule has 22 heavy (non-hydrogen) atoms. The minimum absolute atomic E-state index is 0.169. The summed E-state index contributed by atoms with van der Waals surface area (Å²) >= 11 is 5.97. The largest absolute Gasteiger partial charge is 0.222 e. The van der Waals surface area contributed by atoms with E-state index in [2.05, 4.69) is 19.7 Å². The van der Waals surface area contributed by atoms with Crippen LogP contribution in [0.1, 0.15) is 16.8 Å². The molecule has 6 nitrogen and oxygen atoms in total. The fourth-order valence-electron chi connectivity index (χ4n) is 1.87. The number of aromatic nitrogens is 4. The third-order valence-corrected chi connectivity index (χ3v) is 5.18. The van der Waals surface area contributed by atoms with Crippen LogP contribution in [-0.2, 0) is 6.54 Å². The van der Waals surface area contributed by atoms with Gasteiger partial charge in [-0.15, -0.1) is 5.10 Å². The molecule has 110 valence electrons. The molecule has 0 saturated heterocycles. The van der Waals surface area contributed by atoms with Gasteiger partial charge in [0, 0.05) is 10.5 Å². The second-order valence-electron chi connectivity index (χ2n) is 4.41. The van der Waals surface area contributed by atoms with Gasteiger partial charge in [-0.3, -0.25) is 0 Å². The van der Waals surface area contributed by atoms with E-state index in [4.69, 9.17) is 11.6 Å². The van der Waals surface area contributed by atoms with Crippen LogP contribution in [0.4, 0.5) is 5.82 Å². The Morgan fingerprint density at radius 2 is 2.23 bits per heavy atom. The van der Waals surface area contributed by atoms with Crippen LogP contribution in [0.25, 0.3) is 0 Å². The zero-order valence-electron chi connectivity index (χ0n) is 11.4. The molecule has 0 aliphatic carbocycles. The monoisotopic (exact) mass is 348 g/mol. The third-order valence-electron chi connectivity index (χ3n) is 3.01. The molecule has 0 spiro atoms. The summed E-state index contributed by atoms with van der Waals surface area (Å²) in [5, 5.41) is 17.4. The fraction of sp³-hybridized carbons (Fsp3) is 0.154. The predicted octanol–water partition coefficient (Wildman–Crippen LogP) is 2.91. The minimum atomic E-state index is 0.169. The first kappa shape index (κ1) is 14.8. The number of nitrogens with zero attached hydrogens (tertiary/aromatic N) is 6. The lowest BCUT2D eigenvalue weighted by Gasteiger charge is -2.06. The lowest BCUT2D eigenvalue weighted by molar-refractivity contribution is 0.649. The van der Waals surface area contributed by atoms with Gasteiger partial charge in [0.05, 0.1) is 6.54 Å². The van der Waals surface area contributed by atoms with E-state index in [9.17, 15) is 5.26 Å². The van der Waals surface area contributed by atoms with Gasteiger partial charge in [-0.05, 0) is 28.4 Å². The van der Waals surface area contributed by atoms with Gasteiger partial charge in [0.2, 0.25) is 5.69 Å². The summed E-state index contributed by atoms with van der Waals surface area (Å²) in [6.45, 7) is 2.51. The van der Waals surface area contributed by atoms with Crippen LogP contribution in [0.3, 0.4) is 0 Å². The molecule has 2 heterocycles. The summed E-state index contributed by atoms with van der Waals surface area (Å²) in [6.07, 6.45) is 0. The molecule has 3 aromatic rings. The summed E-state index contributed by atoms with van der Waals surface area (Å²) in [6, 6.07) is 9.98. The average Bonchev–Trinajstić information content (AvgIpc) is 3.09. The van der Waals surface area contributed by atoms with Crippen molar-refractivity contribution in [2.45, 2.75) is 13.5 Å². The van der Waals surface area contributed by atoms with Crippen LogP contribution in [0, 0.1) is 18.3 Å². The molecule has 9 heteroatoms. The molecule has 0 fully saturated rings. The highest BCUT2D eigenvalue weighted by Gasteiger charge is 2.13. The molecule has 0 aliphatic heterocycles. The number of aryl methyl sites for hydroxylation is 1. The molecule has 0 aliphatic rings. The number of hydrogen-bond acceptors (Lipinski definition) is 7. The summed E-state index contributed by atoms with van der Waals surface area (Å²) in [5.41, 5.74) is 2.40. The van der Waals surface area contributed by atoms with Crippen molar-refractivity contribution in [3.63, 3.8) is 0 Å². The van der Waals surface area contributed by atoms with Crippen molar-refractivity contribution in [1.82, 2.24) is 19.4 Å². The molecular formula is C13H9ClN6S2. The van der Waals surface area contributed by atoms with E-state index < -0.39 is 0 Å². The van der Waals surface area contributed by atoms with E-state index in [0.29, 0.717) is 22.2 Å². The van der Waals surface area contributed by atoms with E-state index in [1.807, 2.05) is 37.3 Å². The lowest BCUT2D eigenvalue weighted by atomic mass is 10.1. The van der Waals surface area contributed by atoms with E-state index in [1.165, 1.54) is 20.9 Å². The first-order chi connectivity index (χ1) is 10.7. The molecule has 0 amide bonds. The van der Waals surface area contributed by atoms with E-state index >= 15 is 0 Å². The Morgan fingerprint density at radius 1 is 1.41 bits per heavy atom. The van der Waals surface area contributed by atoms with Crippen molar-refractivity contribution in [1.29, 1.82) is 5.26 Å². The molecule has 0 bridgehead atoms. The molecule has 2 aromatic heterocycles. The highest BCUT2D eigenvalue weighted by atomic mass is 35.5. The van der Waals surface area contributed by atoms with Gasteiger partial charge in [-0.2, -0.15) is 9.64 Å². The van der Waals surface area contributed by atoms with Crippen molar-refractivity contribution >= 4 is 38.3 Å². The molecule has 0 atom stereocenters. The Labute approximate surface area is 138 Å². The Balaban J connectivity index is 2.08. The Kier molecular flexibility index (Phi) is 4.29. The second-order valence-corrected chi connectivity index (χ2v) is 6.60. The average molecular weight is 349 g/mol. The van der Waals surface area contributed by atoms with E-state index in [0.717, 1.165) is 11.1 Å². The van der Waals surface area contributed by atoms with Gasteiger partial charge >= 0.3 is 0 Å². The Hall–Kier alpha value is -2.08. The zero-order chi connectivity index (χ0) is 15.5. The quantitative estimate of drug-likeness (QED) is 0.681. The zero-order valence-corrected chi connectivity index (χ0v) is 13.8. The highest BCUT2D eigenvalue weighted by molar-refractivity contribution is 7.66. The third kappa shape index (κ3) is 2.92. The van der Waals surface area contributed by atoms with E-state index in [1.54, 1.807) is 4.68 Å². The SMILES string of the molecule is Cc1ccccc1Cn1nnc(C#N)c1/N=c1\ssnc1Cl. The maximum absolute atomic E-state index is 9.18. The van der Waals surface area contributed by atoms with Gasteiger partial charge in [0.25, 0.3) is 0 Å². The summed E-state index contributed by atoms with van der Waals surface area (Å²) in [4.78, 5) is 4.41. The summed E-state index contributed by atoms with van der Waals surface area (Å²) in [7, 11) is 2.59. The molecule has 0 saturated carbocycles. The van der Waals surface area contributed by atoms with Gasteiger partial charge < -0.3 is 0 Å². The molecule has 1 aromatic carbocycles. The Morgan fingerprint density at radius 3 is 2.91 bits per heavy atom. The van der Waals surface area contributed by atoms with Crippen LogP contribution in [0.15, 0.2) is 29.3 Å². The summed E-state index contributed by atoms with van der Waals surface area (Å²) in [5.74, 6) is 0.393. The molecule has 3 rings (SSSR count). The van der Waals surface area contributed by atoms with Crippen molar-refractivity contribution in [2.24, 2.45) is 4.99 Å². The van der Waals surface area contributed by atoms with Crippen LogP contribution < -0.4 is 4.67 Å². The standard InChI is InChI=1S/C13H9ClN6S2/c1-8-4-2-3-5-9(8)7-20-12(10(6-15)17-19-20)16-13-11(14)18-22-21-13/h2-5H,7H2,1H3/b16-13-. The number of rotatable bonds is 3. The molecular weight excluding hydrogens is 340 g/mol. The van der Waals surface area contributed by atoms with Crippen LogP contribution in [-0.4, -0.2) is 19.4 Å². The van der Waals surface area contributed by atoms with Crippen molar-refractivity contribution in [2.75, 3.05) is 0 Å². The number of benzene rings is 1. The van der Waals surface area contributed by atoms with Gasteiger partial charge in [-0.1, -0.05) is 41.1 Å². The fourth-order valence-corrected chi connectivity index (χ4v) is 3.84. The van der Waals surface area contributed by atoms with Gasteiger partial charge in [0.15, 0.2) is 15.6 Å². The van der Waals surface area contributed by atoms with Crippen LogP contribution in [0.5, 0.6) is 0 Å². The predicted molar refractivity (Wildman–Crippen MR) is 85.2 cm³/mol. The maximum Gasteiger partial charge on any atom is 0.209 e. The topological polar surface area (TPSA) is 79.8 Å². The highest BCUT2D eigenvalue weighted by Crippen LogP contribution is 2.19. The van der Waals surface area contributed by atoms with Gasteiger partial charge in [0.1, 0.15) is 6.07 Å². The summed E-state index contributed by atoms with van der Waals surface area (Å²) < 4.78 is 6.13. The number of nitriles is 1. The Bertz CT molecular complexity index is 917. The van der Waals surface area contributed by atoms with E-state index in [-0.39, 0.29) is 5.69 Å². The van der Waals surface area contributed by atoms with Crippen LogP contribution in [0.2, 0.25) is 5.15 Å². The second kappa shape index (κ2) is 6.36. The minimum Gasteiger partial charge on any atom is -0.222 e. The van der Waals surface area contributed by atoms with Crippen molar-refractivity contribution < 1.29 is 0 Å². The molecule has 0 N–H and O–H groups in total. The van der Waals surface area contributed by atoms with Crippen molar-refractivity contribution in [3.05, 3.63) is 50.9 Å². The molecule has 0 unspecified atom stereocenters. The van der Waals surface area contributed by atoms with Crippen LogP contribution >= 0.6 is 32.5 Å². The maximum atomic E-state index is 9.18. The lowest BCUT2D eigenvalue weighted by Crippen LogP contribution is -2.05. The molecule has 0 radical (unpaired) electrons. The van der Waals surface area contributed by atoms with Crippen molar-refractivity contribution in [3.8, 4) is 6.07 Å². The number of hydrogen-bond donors (Lipinski definition) is 0. The number of halogens is 1. The first-order valence-electron chi connectivity index (χ1n) is 6.23. The normalized spacial score (nSPS) is 11.6. The van der Waals surface area contributed by atoms with Gasteiger partial charge in [-0.25, -0.2) is 9.67 Å².